The van der Waals surface area contributed by atoms with Crippen molar-refractivity contribution in [2.75, 3.05) is 12.4 Å². The second kappa shape index (κ2) is 8.17. The van der Waals surface area contributed by atoms with Crippen molar-refractivity contribution in [2.45, 2.75) is 12.0 Å². The van der Waals surface area contributed by atoms with Gasteiger partial charge in [0.25, 0.3) is 15.9 Å². The van der Waals surface area contributed by atoms with Gasteiger partial charge in [-0.15, -0.1) is 0 Å². The van der Waals surface area contributed by atoms with E-state index in [1.165, 1.54) is 20.0 Å². The molecule has 4 aromatic rings. The van der Waals surface area contributed by atoms with E-state index in [4.69, 9.17) is 4.42 Å². The fraction of sp³-hybridized carbons (Fsp3) is 0.0952. The van der Waals surface area contributed by atoms with Crippen molar-refractivity contribution in [1.82, 2.24) is 19.9 Å². The predicted octanol–water partition coefficient (Wildman–Crippen LogP) is 3.20. The molecule has 0 spiro atoms. The number of H-pyrrole nitrogens is 1. The Labute approximate surface area is 178 Å². The molecule has 2 heterocycles. The van der Waals surface area contributed by atoms with Gasteiger partial charge in [0.2, 0.25) is 5.09 Å². The van der Waals surface area contributed by atoms with Crippen molar-refractivity contribution in [2.24, 2.45) is 0 Å². The lowest BCUT2D eigenvalue weighted by Gasteiger charge is -2.05. The highest BCUT2D eigenvalue weighted by molar-refractivity contribution is 7.89. The van der Waals surface area contributed by atoms with Crippen LogP contribution in [-0.4, -0.2) is 36.6 Å². The van der Waals surface area contributed by atoms with E-state index in [1.807, 2.05) is 30.3 Å². The highest BCUT2D eigenvalue weighted by atomic mass is 32.2. The Morgan fingerprint density at radius 3 is 2.42 bits per heavy atom. The summed E-state index contributed by atoms with van der Waals surface area (Å²) in [6.07, 6.45) is 0. The topological polar surface area (TPSA) is 130 Å². The zero-order valence-corrected chi connectivity index (χ0v) is 17.5. The Morgan fingerprint density at radius 1 is 1.03 bits per heavy atom. The zero-order chi connectivity index (χ0) is 22.0. The number of aromatic nitrogens is 3. The third-order valence-electron chi connectivity index (χ3n) is 4.61. The molecule has 2 aromatic carbocycles. The zero-order valence-electron chi connectivity index (χ0n) is 16.7. The first kappa shape index (κ1) is 20.5. The van der Waals surface area contributed by atoms with Gasteiger partial charge in [-0.25, -0.2) is 18.1 Å². The van der Waals surface area contributed by atoms with Gasteiger partial charge >= 0.3 is 0 Å². The molecule has 0 fully saturated rings. The lowest BCUT2D eigenvalue weighted by Crippen LogP contribution is -2.18. The number of nitrogens with zero attached hydrogens (tertiary/aromatic N) is 2. The van der Waals surface area contributed by atoms with E-state index in [9.17, 15) is 13.2 Å². The summed E-state index contributed by atoms with van der Waals surface area (Å²) in [7, 11) is -2.50. The largest absolute Gasteiger partial charge is 0.448 e. The van der Waals surface area contributed by atoms with Crippen molar-refractivity contribution in [3.8, 4) is 22.8 Å². The number of hydrogen-bond donors (Lipinski definition) is 3. The average Bonchev–Trinajstić information content (AvgIpc) is 3.42. The molecule has 0 bridgehead atoms. The van der Waals surface area contributed by atoms with Gasteiger partial charge < -0.3 is 9.73 Å². The highest BCUT2D eigenvalue weighted by Crippen LogP contribution is 2.23. The molecule has 1 amide bonds. The Bertz CT molecular complexity index is 1330. The molecule has 0 unspecified atom stereocenters. The third kappa shape index (κ3) is 4.25. The summed E-state index contributed by atoms with van der Waals surface area (Å²) < 4.78 is 31.1. The number of furan rings is 1. The molecule has 9 nitrogen and oxygen atoms in total. The maximum atomic E-state index is 12.6. The fourth-order valence-corrected chi connectivity index (χ4v) is 3.64. The van der Waals surface area contributed by atoms with Crippen LogP contribution < -0.4 is 10.0 Å². The minimum atomic E-state index is -3.77. The predicted molar refractivity (Wildman–Crippen MR) is 115 cm³/mol. The van der Waals surface area contributed by atoms with Crippen LogP contribution in [0.3, 0.4) is 0 Å². The van der Waals surface area contributed by atoms with Crippen LogP contribution in [0, 0.1) is 6.92 Å². The molecule has 0 saturated heterocycles. The molecular formula is C21H19N5O4S. The van der Waals surface area contributed by atoms with Crippen LogP contribution in [0.1, 0.15) is 16.1 Å². The van der Waals surface area contributed by atoms with Crippen LogP contribution in [0.5, 0.6) is 0 Å². The van der Waals surface area contributed by atoms with E-state index >= 15 is 0 Å². The molecule has 0 atom stereocenters. The molecule has 10 heteroatoms. The number of carbonyl (C=O) groups excluding carboxylic acids is 1. The molecule has 0 aliphatic rings. The summed E-state index contributed by atoms with van der Waals surface area (Å²) in [4.78, 5) is 17.1. The van der Waals surface area contributed by atoms with E-state index in [2.05, 4.69) is 25.2 Å². The lowest BCUT2D eigenvalue weighted by molar-refractivity contribution is 0.102. The highest BCUT2D eigenvalue weighted by Gasteiger charge is 2.22. The van der Waals surface area contributed by atoms with Crippen LogP contribution in [0.25, 0.3) is 22.8 Å². The molecule has 31 heavy (non-hydrogen) atoms. The Hall–Kier alpha value is -3.76. The number of aryl methyl sites for hydroxylation is 1. The van der Waals surface area contributed by atoms with Crippen molar-refractivity contribution < 1.29 is 17.6 Å². The second-order valence-electron chi connectivity index (χ2n) is 6.65. The molecule has 0 radical (unpaired) electrons. The van der Waals surface area contributed by atoms with E-state index in [0.29, 0.717) is 17.3 Å². The van der Waals surface area contributed by atoms with Crippen LogP contribution in [0.4, 0.5) is 5.69 Å². The number of amides is 1. The van der Waals surface area contributed by atoms with E-state index in [-0.39, 0.29) is 16.4 Å². The smallest absolute Gasteiger partial charge is 0.273 e. The average molecular weight is 437 g/mol. The lowest BCUT2D eigenvalue weighted by atomic mass is 10.2. The normalized spacial score (nSPS) is 11.4. The maximum Gasteiger partial charge on any atom is 0.273 e. The monoisotopic (exact) mass is 437 g/mol. The first-order chi connectivity index (χ1) is 14.9. The van der Waals surface area contributed by atoms with E-state index in [0.717, 1.165) is 11.1 Å². The number of aromatic amines is 1. The van der Waals surface area contributed by atoms with E-state index < -0.39 is 15.9 Å². The number of carbonyl (C=O) groups is 1. The van der Waals surface area contributed by atoms with Gasteiger partial charge in [-0.1, -0.05) is 30.3 Å². The molecule has 3 N–H and O–H groups in total. The quantitative estimate of drug-likeness (QED) is 0.425. The fourth-order valence-electron chi connectivity index (χ4n) is 2.93. The van der Waals surface area contributed by atoms with Gasteiger partial charge in [0.05, 0.1) is 5.56 Å². The van der Waals surface area contributed by atoms with Crippen LogP contribution >= 0.6 is 0 Å². The van der Waals surface area contributed by atoms with Crippen LogP contribution in [-0.2, 0) is 10.0 Å². The van der Waals surface area contributed by atoms with Crippen LogP contribution in [0.2, 0.25) is 0 Å². The number of benzene rings is 2. The van der Waals surface area contributed by atoms with Gasteiger partial charge in [-0.3, -0.25) is 9.89 Å². The van der Waals surface area contributed by atoms with Gasteiger partial charge in [0, 0.05) is 22.9 Å². The number of rotatable bonds is 6. The van der Waals surface area contributed by atoms with Gasteiger partial charge in [0.15, 0.2) is 11.6 Å². The van der Waals surface area contributed by atoms with E-state index in [1.54, 1.807) is 24.3 Å². The van der Waals surface area contributed by atoms with Crippen LogP contribution in [0.15, 0.2) is 70.2 Å². The molecule has 158 valence electrons. The standard InChI is InChI=1S/C21H19N5O4S/c1-13-17(12-18(30-13)31(28,29)22-2)21(27)23-16-10-8-15(9-11-16)20-24-19(25-26-20)14-6-4-3-5-7-14/h3-12,22H,1-2H3,(H,23,27)(H,24,25,26). The summed E-state index contributed by atoms with van der Waals surface area (Å²) in [6, 6.07) is 17.8. The molecule has 2 aromatic heterocycles. The summed E-state index contributed by atoms with van der Waals surface area (Å²) in [6.45, 7) is 1.53. The Balaban J connectivity index is 1.50. The number of anilines is 1. The third-order valence-corrected chi connectivity index (χ3v) is 5.88. The molecule has 0 aliphatic carbocycles. The Kier molecular flexibility index (Phi) is 5.40. The van der Waals surface area contributed by atoms with Crippen molar-refractivity contribution in [3.05, 3.63) is 72.0 Å². The number of nitrogens with one attached hydrogen (secondary N) is 3. The molecular weight excluding hydrogens is 418 g/mol. The van der Waals surface area contributed by atoms with Crippen molar-refractivity contribution >= 4 is 21.6 Å². The SMILES string of the molecule is CNS(=O)(=O)c1cc(C(=O)Nc2ccc(-c3nc(-c4ccccc4)n[nH]3)cc2)c(C)o1. The van der Waals surface area contributed by atoms with Crippen molar-refractivity contribution in [3.63, 3.8) is 0 Å². The number of sulfonamides is 1. The summed E-state index contributed by atoms with van der Waals surface area (Å²) in [5.41, 5.74) is 2.38. The number of hydrogen-bond acceptors (Lipinski definition) is 6. The minimum Gasteiger partial charge on any atom is -0.448 e. The first-order valence-corrected chi connectivity index (χ1v) is 10.8. The summed E-state index contributed by atoms with van der Waals surface area (Å²) >= 11 is 0. The summed E-state index contributed by atoms with van der Waals surface area (Å²) in [5.74, 6) is 0.927. The molecule has 0 aliphatic heterocycles. The second-order valence-corrected chi connectivity index (χ2v) is 8.47. The molecule has 4 rings (SSSR count). The maximum absolute atomic E-state index is 12.6. The minimum absolute atomic E-state index is 0.139. The Morgan fingerprint density at radius 2 is 1.74 bits per heavy atom. The summed E-state index contributed by atoms with van der Waals surface area (Å²) in [5, 5.41) is 9.57. The van der Waals surface area contributed by atoms with Gasteiger partial charge in [0.1, 0.15) is 5.76 Å². The van der Waals surface area contributed by atoms with Gasteiger partial charge in [-0.2, -0.15) is 5.10 Å². The molecule has 0 saturated carbocycles. The van der Waals surface area contributed by atoms with Gasteiger partial charge in [-0.05, 0) is 38.2 Å². The van der Waals surface area contributed by atoms with Crippen molar-refractivity contribution in [1.29, 1.82) is 0 Å². The first-order valence-electron chi connectivity index (χ1n) is 9.31.